The molecule has 0 spiro atoms. The number of hydrogen-bond donors (Lipinski definition) is 0. The Bertz CT molecular complexity index is 4.00. The zero-order valence-electron chi connectivity index (χ0n) is 2.17. The summed E-state index contributed by atoms with van der Waals surface area (Å²) in [7, 11) is 0. The molecule has 0 heterocycles. The van der Waals surface area contributed by atoms with Crippen molar-refractivity contribution in [3.05, 3.63) is 0 Å². The van der Waals surface area contributed by atoms with Crippen molar-refractivity contribution < 1.29 is 24.8 Å². The summed E-state index contributed by atoms with van der Waals surface area (Å²) in [5.74, 6) is 0. The smallest absolute Gasteiger partial charge is 1.00 e. The Kier molecular flexibility index (Phi) is 100. The Morgan fingerprint density at radius 1 is 0.500 bits per heavy atom. The topological polar surface area (TPSA) is 0 Å². The molecule has 0 radical (unpaired) electrons. The molecular weight excluding hydrogens is 346 g/mol. The molecule has 4 heteroatoms. The van der Waals surface area contributed by atoms with Crippen molar-refractivity contribution in [1.82, 2.24) is 0 Å². The summed E-state index contributed by atoms with van der Waals surface area (Å²) >= 11 is 0. The Hall–Kier alpha value is 3.72. The zero-order chi connectivity index (χ0) is 0. The third kappa shape index (κ3) is 9.21. The SMILES string of the molecule is [Ba+2].[Ba+2].[Cl-].[Cl-]. The maximum Gasteiger partial charge on any atom is 2.00 e. The van der Waals surface area contributed by atoms with Gasteiger partial charge in [-0.1, -0.05) is 0 Å². The average Bonchev–Trinajstić information content (AvgIpc) is 0. The minimum atomic E-state index is 0. The molecule has 0 atom stereocenters. The first-order valence-corrected chi connectivity index (χ1v) is 0. The van der Waals surface area contributed by atoms with E-state index in [1.807, 2.05) is 0 Å². The quantitative estimate of drug-likeness (QED) is 0.383. The molecule has 0 bridgehead atoms. The number of rotatable bonds is 0. The van der Waals surface area contributed by atoms with Crippen LogP contribution in [-0.2, 0) is 0 Å². The van der Waals surface area contributed by atoms with E-state index < -0.39 is 0 Å². The molecular formula is Ba2Cl2+2. The normalized spacial score (nSPS) is 0. The van der Waals surface area contributed by atoms with Crippen molar-refractivity contribution >= 4 is 97.8 Å². The molecule has 0 nitrogen and oxygen atoms in total. The molecule has 0 rings (SSSR count). The van der Waals surface area contributed by atoms with Crippen molar-refractivity contribution in [1.29, 1.82) is 0 Å². The molecule has 0 aliphatic rings. The fraction of sp³-hybridized carbons (Fsp3) is 0. The maximum atomic E-state index is 0. The van der Waals surface area contributed by atoms with Crippen LogP contribution in [0.2, 0.25) is 0 Å². The molecule has 0 N–H and O–H groups in total. The summed E-state index contributed by atoms with van der Waals surface area (Å²) < 4.78 is 0. The minimum Gasteiger partial charge on any atom is -1.00 e. The van der Waals surface area contributed by atoms with Gasteiger partial charge in [0.2, 0.25) is 0 Å². The van der Waals surface area contributed by atoms with Crippen LogP contribution in [0.25, 0.3) is 0 Å². The van der Waals surface area contributed by atoms with Crippen molar-refractivity contribution in [2.75, 3.05) is 0 Å². The van der Waals surface area contributed by atoms with E-state index in [4.69, 9.17) is 0 Å². The number of halogens is 2. The maximum absolute atomic E-state index is 0. The molecule has 0 aliphatic carbocycles. The van der Waals surface area contributed by atoms with Crippen LogP contribution in [0.15, 0.2) is 0 Å². The van der Waals surface area contributed by atoms with Crippen molar-refractivity contribution in [2.24, 2.45) is 0 Å². The molecule has 0 amide bonds. The minimum absolute atomic E-state index is 0. The molecule has 16 valence electrons. The van der Waals surface area contributed by atoms with Gasteiger partial charge in [0.25, 0.3) is 0 Å². The van der Waals surface area contributed by atoms with Crippen LogP contribution in [0.1, 0.15) is 0 Å². The third-order valence-electron chi connectivity index (χ3n) is 0. The largest absolute Gasteiger partial charge is 2.00 e. The van der Waals surface area contributed by atoms with Gasteiger partial charge in [-0.25, -0.2) is 0 Å². The van der Waals surface area contributed by atoms with Gasteiger partial charge < -0.3 is 24.8 Å². The Morgan fingerprint density at radius 3 is 0.500 bits per heavy atom. The van der Waals surface area contributed by atoms with E-state index in [2.05, 4.69) is 0 Å². The van der Waals surface area contributed by atoms with Gasteiger partial charge in [-0.15, -0.1) is 0 Å². The van der Waals surface area contributed by atoms with Crippen LogP contribution in [-0.4, -0.2) is 97.8 Å². The predicted molar refractivity (Wildman–Crippen MR) is 11.5 cm³/mol. The molecule has 0 aromatic carbocycles. The van der Waals surface area contributed by atoms with Crippen molar-refractivity contribution in [2.45, 2.75) is 0 Å². The summed E-state index contributed by atoms with van der Waals surface area (Å²) in [6.45, 7) is 0. The second-order valence-electron chi connectivity index (χ2n) is 0. The standard InChI is InChI=1S/2Ba.2ClH/h;;2*1H/q2*+2;;/p-2. The molecule has 0 fully saturated rings. The fourth-order valence-corrected chi connectivity index (χ4v) is 0. The second-order valence-corrected chi connectivity index (χ2v) is 0. The first-order chi connectivity index (χ1) is 0. The van der Waals surface area contributed by atoms with E-state index in [0.29, 0.717) is 0 Å². The molecule has 4 heavy (non-hydrogen) atoms. The summed E-state index contributed by atoms with van der Waals surface area (Å²) in [5.41, 5.74) is 0. The average molecular weight is 346 g/mol. The summed E-state index contributed by atoms with van der Waals surface area (Å²) in [5, 5.41) is 0. The molecule has 0 aromatic rings. The molecule has 0 saturated carbocycles. The Labute approximate surface area is 119 Å². The van der Waals surface area contributed by atoms with Gasteiger partial charge in [-0.2, -0.15) is 0 Å². The van der Waals surface area contributed by atoms with Gasteiger partial charge in [-0.3, -0.25) is 0 Å². The van der Waals surface area contributed by atoms with E-state index in [9.17, 15) is 0 Å². The summed E-state index contributed by atoms with van der Waals surface area (Å²) in [4.78, 5) is 0. The van der Waals surface area contributed by atoms with Crippen LogP contribution in [0, 0.1) is 0 Å². The monoisotopic (exact) mass is 346 g/mol. The van der Waals surface area contributed by atoms with Gasteiger partial charge in [-0.05, 0) is 0 Å². The van der Waals surface area contributed by atoms with Gasteiger partial charge in [0, 0.05) is 0 Å². The van der Waals surface area contributed by atoms with E-state index in [-0.39, 0.29) is 123 Å². The van der Waals surface area contributed by atoms with Gasteiger partial charge in [0.05, 0.1) is 0 Å². The third-order valence-corrected chi connectivity index (χ3v) is 0. The summed E-state index contributed by atoms with van der Waals surface area (Å²) in [6, 6.07) is 0. The van der Waals surface area contributed by atoms with E-state index in [0.717, 1.165) is 0 Å². The van der Waals surface area contributed by atoms with Crippen molar-refractivity contribution in [3.8, 4) is 0 Å². The van der Waals surface area contributed by atoms with Crippen LogP contribution in [0.4, 0.5) is 0 Å². The summed E-state index contributed by atoms with van der Waals surface area (Å²) in [6.07, 6.45) is 0. The van der Waals surface area contributed by atoms with Crippen LogP contribution < -0.4 is 24.8 Å². The Balaban J connectivity index is 0. The fourth-order valence-electron chi connectivity index (χ4n) is 0. The van der Waals surface area contributed by atoms with Crippen LogP contribution >= 0.6 is 0 Å². The first-order valence-electron chi connectivity index (χ1n) is 0. The van der Waals surface area contributed by atoms with Crippen LogP contribution in [0.5, 0.6) is 0 Å². The zero-order valence-corrected chi connectivity index (χ0v) is 12.6. The Morgan fingerprint density at radius 2 is 0.500 bits per heavy atom. The van der Waals surface area contributed by atoms with Gasteiger partial charge >= 0.3 is 97.8 Å². The van der Waals surface area contributed by atoms with E-state index >= 15 is 0 Å². The van der Waals surface area contributed by atoms with Crippen molar-refractivity contribution in [3.63, 3.8) is 0 Å². The molecule has 0 aromatic heterocycles. The molecule has 0 aliphatic heterocycles. The predicted octanol–water partition coefficient (Wildman–Crippen LogP) is -6.75. The van der Waals surface area contributed by atoms with E-state index in [1.165, 1.54) is 0 Å². The second kappa shape index (κ2) is 15.9. The molecule has 0 saturated heterocycles. The molecule has 0 unspecified atom stereocenters. The number of hydrogen-bond acceptors (Lipinski definition) is 0. The van der Waals surface area contributed by atoms with Gasteiger partial charge in [0.1, 0.15) is 0 Å². The van der Waals surface area contributed by atoms with Gasteiger partial charge in [0.15, 0.2) is 0 Å². The first kappa shape index (κ1) is 25.2. The van der Waals surface area contributed by atoms with Crippen LogP contribution in [0.3, 0.4) is 0 Å². The van der Waals surface area contributed by atoms with E-state index in [1.54, 1.807) is 0 Å².